The molecule has 0 amide bonds. The monoisotopic (exact) mass is 357 g/mol. The van der Waals surface area contributed by atoms with Crippen molar-refractivity contribution in [2.24, 2.45) is 0 Å². The molecule has 2 aromatic carbocycles. The van der Waals surface area contributed by atoms with E-state index in [2.05, 4.69) is 10.2 Å². The van der Waals surface area contributed by atoms with Gasteiger partial charge in [-0.2, -0.15) is 0 Å². The number of ether oxygens (including phenoxy) is 1. The van der Waals surface area contributed by atoms with Gasteiger partial charge in [0.15, 0.2) is 11.0 Å². The van der Waals surface area contributed by atoms with E-state index in [0.29, 0.717) is 12.4 Å². The van der Waals surface area contributed by atoms with Crippen molar-refractivity contribution in [3.8, 4) is 5.75 Å². The Bertz CT molecular complexity index is 783. The molecule has 0 unspecified atom stereocenters. The molecule has 0 aliphatic carbocycles. The van der Waals surface area contributed by atoms with Crippen molar-refractivity contribution in [3.63, 3.8) is 0 Å². The Morgan fingerprint density at radius 1 is 1.12 bits per heavy atom. The second kappa shape index (κ2) is 8.16. The smallest absolute Gasteiger partial charge is 0.191 e. The minimum atomic E-state index is -0.220. The average Bonchev–Trinajstić information content (AvgIpc) is 3.00. The molecule has 4 nitrogen and oxygen atoms in total. The first-order chi connectivity index (χ1) is 12.2. The van der Waals surface area contributed by atoms with Gasteiger partial charge < -0.3 is 9.30 Å². The highest BCUT2D eigenvalue weighted by Gasteiger charge is 2.12. The number of benzene rings is 2. The summed E-state index contributed by atoms with van der Waals surface area (Å²) in [7, 11) is 0. The second-order valence-electron chi connectivity index (χ2n) is 5.67. The number of aryl methyl sites for hydroxylation is 1. The lowest BCUT2D eigenvalue weighted by molar-refractivity contribution is 0.288. The van der Waals surface area contributed by atoms with E-state index in [1.54, 1.807) is 23.9 Å². The van der Waals surface area contributed by atoms with Crippen LogP contribution in [0.15, 0.2) is 53.7 Å². The molecule has 130 valence electrons. The zero-order valence-corrected chi connectivity index (χ0v) is 15.1. The molecule has 25 heavy (non-hydrogen) atoms. The summed E-state index contributed by atoms with van der Waals surface area (Å²) in [5, 5.41) is 9.32. The molecule has 0 spiro atoms. The zero-order chi connectivity index (χ0) is 17.6. The topological polar surface area (TPSA) is 39.9 Å². The zero-order valence-electron chi connectivity index (χ0n) is 14.3. The van der Waals surface area contributed by atoms with Gasteiger partial charge in [-0.15, -0.1) is 10.2 Å². The van der Waals surface area contributed by atoms with Crippen LogP contribution in [-0.4, -0.2) is 14.8 Å². The van der Waals surface area contributed by atoms with Crippen molar-refractivity contribution < 1.29 is 9.13 Å². The fourth-order valence-corrected chi connectivity index (χ4v) is 3.44. The maximum absolute atomic E-state index is 13.3. The summed E-state index contributed by atoms with van der Waals surface area (Å²) in [6, 6.07) is 14.5. The van der Waals surface area contributed by atoms with Crippen LogP contribution in [0, 0.1) is 12.7 Å². The molecular weight excluding hydrogens is 337 g/mol. The first-order valence-electron chi connectivity index (χ1n) is 8.14. The number of halogens is 1. The van der Waals surface area contributed by atoms with Crippen LogP contribution >= 0.6 is 11.8 Å². The van der Waals surface area contributed by atoms with E-state index in [0.717, 1.165) is 34.4 Å². The number of thioether (sulfide) groups is 1. The lowest BCUT2D eigenvalue weighted by Gasteiger charge is -2.09. The molecule has 0 fully saturated rings. The van der Waals surface area contributed by atoms with E-state index in [4.69, 9.17) is 4.74 Å². The molecule has 0 saturated carbocycles. The van der Waals surface area contributed by atoms with Crippen molar-refractivity contribution in [2.75, 3.05) is 0 Å². The summed E-state index contributed by atoms with van der Waals surface area (Å²) in [6.07, 6.45) is 0. The van der Waals surface area contributed by atoms with Gasteiger partial charge in [0.2, 0.25) is 0 Å². The molecule has 3 aromatic rings. The number of hydrogen-bond acceptors (Lipinski definition) is 4. The third kappa shape index (κ3) is 4.60. The van der Waals surface area contributed by atoms with Crippen molar-refractivity contribution in [1.82, 2.24) is 14.8 Å². The lowest BCUT2D eigenvalue weighted by atomic mass is 10.2. The quantitative estimate of drug-likeness (QED) is 0.579. The van der Waals surface area contributed by atoms with Crippen LogP contribution in [0.2, 0.25) is 0 Å². The first kappa shape index (κ1) is 17.5. The Labute approximate surface area is 151 Å². The molecule has 0 aliphatic heterocycles. The molecule has 6 heteroatoms. The van der Waals surface area contributed by atoms with Gasteiger partial charge in [-0.3, -0.25) is 0 Å². The second-order valence-corrected chi connectivity index (χ2v) is 6.61. The summed E-state index contributed by atoms with van der Waals surface area (Å²) in [4.78, 5) is 0. The molecule has 1 heterocycles. The Kier molecular flexibility index (Phi) is 5.71. The third-order valence-corrected chi connectivity index (χ3v) is 4.76. The summed E-state index contributed by atoms with van der Waals surface area (Å²) >= 11 is 1.55. The van der Waals surface area contributed by atoms with Crippen LogP contribution in [0.1, 0.15) is 23.9 Å². The van der Waals surface area contributed by atoms with Crippen molar-refractivity contribution in [3.05, 3.63) is 71.3 Å². The summed E-state index contributed by atoms with van der Waals surface area (Å²) in [5.74, 6) is 2.03. The largest absolute Gasteiger partial charge is 0.486 e. The van der Waals surface area contributed by atoms with Crippen molar-refractivity contribution >= 4 is 11.8 Å². The molecular formula is C19H20FN3OS. The maximum atomic E-state index is 13.3. The normalized spacial score (nSPS) is 10.8. The van der Waals surface area contributed by atoms with Gasteiger partial charge in [-0.1, -0.05) is 36.0 Å². The number of nitrogens with zero attached hydrogens (tertiary/aromatic N) is 3. The highest BCUT2D eigenvalue weighted by atomic mass is 32.2. The standard InChI is InChI=1S/C19H20FN3OS/c1-3-23-18(12-24-17-9-4-6-14(2)10-17)21-22-19(23)25-13-15-7-5-8-16(20)11-15/h4-11H,3,12-13H2,1-2H3. The van der Waals surface area contributed by atoms with E-state index >= 15 is 0 Å². The summed E-state index contributed by atoms with van der Waals surface area (Å²) in [5.41, 5.74) is 2.08. The molecule has 0 bridgehead atoms. The van der Waals surface area contributed by atoms with E-state index in [1.165, 1.54) is 6.07 Å². The van der Waals surface area contributed by atoms with Gasteiger partial charge in [-0.05, 0) is 49.2 Å². The fourth-order valence-electron chi connectivity index (χ4n) is 2.48. The predicted molar refractivity (Wildman–Crippen MR) is 97.2 cm³/mol. The Hall–Kier alpha value is -2.34. The van der Waals surface area contributed by atoms with Crippen molar-refractivity contribution in [2.45, 2.75) is 37.9 Å². The van der Waals surface area contributed by atoms with Crippen molar-refractivity contribution in [1.29, 1.82) is 0 Å². The molecule has 0 aliphatic rings. The van der Waals surface area contributed by atoms with Gasteiger partial charge in [0.1, 0.15) is 18.2 Å². The van der Waals surface area contributed by atoms with E-state index in [9.17, 15) is 4.39 Å². The van der Waals surface area contributed by atoms with Crippen LogP contribution in [0.3, 0.4) is 0 Å². The Balaban J connectivity index is 1.66. The average molecular weight is 357 g/mol. The number of hydrogen-bond donors (Lipinski definition) is 0. The fraction of sp³-hybridized carbons (Fsp3) is 0.263. The van der Waals surface area contributed by atoms with E-state index in [1.807, 2.05) is 48.7 Å². The molecule has 0 saturated heterocycles. The lowest BCUT2D eigenvalue weighted by Crippen LogP contribution is -2.07. The highest BCUT2D eigenvalue weighted by Crippen LogP contribution is 2.23. The van der Waals surface area contributed by atoms with Crippen LogP contribution in [-0.2, 0) is 18.9 Å². The molecule has 1 aromatic heterocycles. The van der Waals surface area contributed by atoms with E-state index in [-0.39, 0.29) is 5.82 Å². The minimum Gasteiger partial charge on any atom is -0.486 e. The van der Waals surface area contributed by atoms with E-state index < -0.39 is 0 Å². The predicted octanol–water partition coefficient (Wildman–Crippen LogP) is 4.62. The summed E-state index contributed by atoms with van der Waals surface area (Å²) < 4.78 is 21.1. The minimum absolute atomic E-state index is 0.220. The molecule has 3 rings (SSSR count). The van der Waals surface area contributed by atoms with Gasteiger partial charge in [0, 0.05) is 12.3 Å². The van der Waals surface area contributed by atoms with Gasteiger partial charge in [-0.25, -0.2) is 4.39 Å². The van der Waals surface area contributed by atoms with Gasteiger partial charge in [0.05, 0.1) is 0 Å². The van der Waals surface area contributed by atoms with Gasteiger partial charge >= 0.3 is 0 Å². The number of rotatable bonds is 7. The summed E-state index contributed by atoms with van der Waals surface area (Å²) in [6.45, 7) is 5.20. The van der Waals surface area contributed by atoms with Gasteiger partial charge in [0.25, 0.3) is 0 Å². The van der Waals surface area contributed by atoms with Crippen LogP contribution in [0.5, 0.6) is 5.75 Å². The molecule has 0 N–H and O–H groups in total. The third-order valence-electron chi connectivity index (χ3n) is 3.72. The number of aromatic nitrogens is 3. The van der Waals surface area contributed by atoms with Crippen LogP contribution < -0.4 is 4.74 Å². The van der Waals surface area contributed by atoms with Crippen LogP contribution in [0.25, 0.3) is 0 Å². The Morgan fingerprint density at radius 2 is 1.96 bits per heavy atom. The highest BCUT2D eigenvalue weighted by molar-refractivity contribution is 7.98. The maximum Gasteiger partial charge on any atom is 0.191 e. The van der Waals surface area contributed by atoms with Crippen LogP contribution in [0.4, 0.5) is 4.39 Å². The molecule has 0 atom stereocenters. The SMILES string of the molecule is CCn1c(COc2cccc(C)c2)nnc1SCc1cccc(F)c1. The molecule has 0 radical (unpaired) electrons. The first-order valence-corrected chi connectivity index (χ1v) is 9.13. The Morgan fingerprint density at radius 3 is 2.72 bits per heavy atom.